The third-order valence-corrected chi connectivity index (χ3v) is 5.01. The molecule has 0 aliphatic carbocycles. The molecule has 8 heteroatoms. The third-order valence-electron chi connectivity index (χ3n) is 5.01. The molecule has 1 aliphatic heterocycles. The number of anilines is 1. The smallest absolute Gasteiger partial charge is 0.232 e. The van der Waals surface area contributed by atoms with E-state index >= 15 is 0 Å². The molecule has 1 amide bonds. The molecule has 0 radical (unpaired) electrons. The fraction of sp³-hybridized carbons (Fsp3) is 0.318. The number of hydrogen-bond acceptors (Lipinski definition) is 7. The molecule has 30 heavy (non-hydrogen) atoms. The monoisotopic (exact) mass is 409 g/mol. The van der Waals surface area contributed by atoms with Crippen molar-refractivity contribution in [2.24, 2.45) is 0 Å². The van der Waals surface area contributed by atoms with Crippen molar-refractivity contribution in [2.45, 2.75) is 19.3 Å². The van der Waals surface area contributed by atoms with Gasteiger partial charge in [-0.2, -0.15) is 4.98 Å². The van der Waals surface area contributed by atoms with E-state index in [1.165, 1.54) is 0 Å². The normalized spacial score (nSPS) is 16.0. The second-order valence-electron chi connectivity index (χ2n) is 6.83. The topological polar surface area (TPSA) is 86.9 Å². The van der Waals surface area contributed by atoms with Gasteiger partial charge in [-0.1, -0.05) is 17.3 Å². The molecule has 1 unspecified atom stereocenters. The van der Waals surface area contributed by atoms with Crippen molar-refractivity contribution in [1.82, 2.24) is 10.1 Å². The van der Waals surface area contributed by atoms with Crippen LogP contribution in [-0.2, 0) is 4.79 Å². The van der Waals surface area contributed by atoms with Crippen LogP contribution in [0.2, 0.25) is 0 Å². The molecule has 2 aromatic carbocycles. The summed E-state index contributed by atoms with van der Waals surface area (Å²) >= 11 is 0. The molecule has 2 heterocycles. The van der Waals surface area contributed by atoms with Crippen molar-refractivity contribution in [3.8, 4) is 28.6 Å². The largest absolute Gasteiger partial charge is 0.493 e. The molecule has 1 atom stereocenters. The van der Waals surface area contributed by atoms with Crippen LogP contribution in [0.5, 0.6) is 17.2 Å². The van der Waals surface area contributed by atoms with Crippen molar-refractivity contribution in [2.75, 3.05) is 32.3 Å². The highest BCUT2D eigenvalue weighted by Gasteiger charge is 2.36. The molecule has 0 bridgehead atoms. The molecular formula is C22H23N3O5. The average Bonchev–Trinajstić information content (AvgIpc) is 3.41. The molecule has 0 saturated carbocycles. The molecule has 8 nitrogen and oxygen atoms in total. The quantitative estimate of drug-likeness (QED) is 0.588. The highest BCUT2D eigenvalue weighted by Crippen LogP contribution is 2.37. The van der Waals surface area contributed by atoms with E-state index in [1.807, 2.05) is 37.3 Å². The van der Waals surface area contributed by atoms with Gasteiger partial charge in [0, 0.05) is 18.5 Å². The summed E-state index contributed by atoms with van der Waals surface area (Å²) in [6.45, 7) is 2.90. The summed E-state index contributed by atoms with van der Waals surface area (Å²) in [4.78, 5) is 18.9. The Morgan fingerprint density at radius 1 is 1.10 bits per heavy atom. The number of hydrogen-bond donors (Lipinski definition) is 0. The molecule has 1 saturated heterocycles. The van der Waals surface area contributed by atoms with Gasteiger partial charge in [0.15, 0.2) is 11.5 Å². The second-order valence-corrected chi connectivity index (χ2v) is 6.83. The van der Waals surface area contributed by atoms with Crippen molar-refractivity contribution in [3.05, 3.63) is 48.4 Å². The van der Waals surface area contributed by atoms with Gasteiger partial charge in [-0.3, -0.25) is 4.79 Å². The number of methoxy groups -OCH3 is 2. The highest BCUT2D eigenvalue weighted by molar-refractivity contribution is 5.97. The molecule has 3 aromatic rings. The fourth-order valence-electron chi connectivity index (χ4n) is 3.56. The molecule has 1 aliphatic rings. The first kappa shape index (κ1) is 19.8. The first-order valence-corrected chi connectivity index (χ1v) is 9.72. The average molecular weight is 409 g/mol. The van der Waals surface area contributed by atoms with Gasteiger partial charge in [-0.15, -0.1) is 0 Å². The van der Waals surface area contributed by atoms with E-state index in [2.05, 4.69) is 10.1 Å². The maximum atomic E-state index is 12.7. The molecule has 4 rings (SSSR count). The first-order valence-electron chi connectivity index (χ1n) is 9.72. The number of carbonyl (C=O) groups excluding carboxylic acids is 1. The zero-order valence-electron chi connectivity index (χ0n) is 17.1. The zero-order valence-corrected chi connectivity index (χ0v) is 17.1. The van der Waals surface area contributed by atoms with E-state index in [9.17, 15) is 4.79 Å². The van der Waals surface area contributed by atoms with Gasteiger partial charge >= 0.3 is 0 Å². The molecule has 156 valence electrons. The van der Waals surface area contributed by atoms with Crippen molar-refractivity contribution in [1.29, 1.82) is 0 Å². The van der Waals surface area contributed by atoms with E-state index in [0.717, 1.165) is 11.3 Å². The van der Waals surface area contributed by atoms with Crippen molar-refractivity contribution < 1.29 is 23.5 Å². The van der Waals surface area contributed by atoms with E-state index in [4.69, 9.17) is 18.7 Å². The number of aromatic nitrogens is 2. The second kappa shape index (κ2) is 8.44. The van der Waals surface area contributed by atoms with Crippen molar-refractivity contribution >= 4 is 11.6 Å². The van der Waals surface area contributed by atoms with Crippen LogP contribution >= 0.6 is 0 Å². The third kappa shape index (κ3) is 3.68. The van der Waals surface area contributed by atoms with Gasteiger partial charge in [0.2, 0.25) is 17.6 Å². The zero-order chi connectivity index (χ0) is 21.1. The van der Waals surface area contributed by atoms with Crippen LogP contribution in [0.1, 0.15) is 25.2 Å². The van der Waals surface area contributed by atoms with Gasteiger partial charge in [-0.25, -0.2) is 0 Å². The highest BCUT2D eigenvalue weighted by atomic mass is 16.5. The SMILES string of the molecule is CCOc1ccccc1N1CC(c2nc(-c3ccc(OC)c(OC)c3)no2)CC1=O. The number of benzene rings is 2. The fourth-order valence-corrected chi connectivity index (χ4v) is 3.56. The lowest BCUT2D eigenvalue weighted by Gasteiger charge is -2.19. The summed E-state index contributed by atoms with van der Waals surface area (Å²) < 4.78 is 21.8. The van der Waals surface area contributed by atoms with E-state index < -0.39 is 0 Å². The van der Waals surface area contributed by atoms with E-state index in [-0.39, 0.29) is 11.8 Å². The summed E-state index contributed by atoms with van der Waals surface area (Å²) in [7, 11) is 3.15. The number of para-hydroxylation sites is 2. The minimum Gasteiger partial charge on any atom is -0.493 e. The standard InChI is InChI=1S/C22H23N3O5/c1-4-29-17-8-6-5-7-16(17)25-13-15(12-20(25)26)22-23-21(24-30-22)14-9-10-18(27-2)19(11-14)28-3/h5-11,15H,4,12-13H2,1-3H3. The minimum absolute atomic E-state index is 0.00183. The Hall–Kier alpha value is -3.55. The molecule has 1 fully saturated rings. The van der Waals surface area contributed by atoms with Crippen LogP contribution < -0.4 is 19.1 Å². The lowest BCUT2D eigenvalue weighted by Crippen LogP contribution is -2.25. The Balaban J connectivity index is 1.56. The van der Waals surface area contributed by atoms with Crippen LogP contribution in [0.3, 0.4) is 0 Å². The predicted molar refractivity (Wildman–Crippen MR) is 110 cm³/mol. The molecule has 1 aromatic heterocycles. The number of amides is 1. The maximum Gasteiger partial charge on any atom is 0.232 e. The van der Waals surface area contributed by atoms with Gasteiger partial charge in [0.1, 0.15) is 5.75 Å². The Morgan fingerprint density at radius 3 is 2.67 bits per heavy atom. The minimum atomic E-state index is -0.187. The van der Waals surface area contributed by atoms with Gasteiger partial charge in [-0.05, 0) is 37.3 Å². The Kier molecular flexibility index (Phi) is 5.56. The van der Waals surface area contributed by atoms with Gasteiger partial charge in [0.05, 0.1) is 32.4 Å². The van der Waals surface area contributed by atoms with E-state index in [1.54, 1.807) is 31.3 Å². The van der Waals surface area contributed by atoms with Gasteiger partial charge < -0.3 is 23.6 Å². The lowest BCUT2D eigenvalue weighted by molar-refractivity contribution is -0.117. The van der Waals surface area contributed by atoms with Crippen molar-refractivity contribution in [3.63, 3.8) is 0 Å². The van der Waals surface area contributed by atoms with Crippen LogP contribution in [0.25, 0.3) is 11.4 Å². The summed E-state index contributed by atoms with van der Waals surface area (Å²) in [5.74, 6) is 2.57. The Bertz CT molecular complexity index is 1050. The molecule has 0 spiro atoms. The van der Waals surface area contributed by atoms with Crippen LogP contribution in [0.15, 0.2) is 47.0 Å². The summed E-state index contributed by atoms with van der Waals surface area (Å²) in [6, 6.07) is 12.9. The number of rotatable bonds is 7. The maximum absolute atomic E-state index is 12.7. The van der Waals surface area contributed by atoms with Crippen LogP contribution in [-0.4, -0.2) is 43.4 Å². The number of ether oxygens (including phenoxy) is 3. The lowest BCUT2D eigenvalue weighted by atomic mass is 10.1. The van der Waals surface area contributed by atoms with Crippen LogP contribution in [0, 0.1) is 0 Å². The van der Waals surface area contributed by atoms with Crippen LogP contribution in [0.4, 0.5) is 5.69 Å². The van der Waals surface area contributed by atoms with Gasteiger partial charge in [0.25, 0.3) is 0 Å². The summed E-state index contributed by atoms with van der Waals surface area (Å²) in [5.41, 5.74) is 1.50. The predicted octanol–water partition coefficient (Wildman–Crippen LogP) is 3.67. The molecule has 0 N–H and O–H groups in total. The first-order chi connectivity index (χ1) is 14.6. The number of nitrogens with zero attached hydrogens (tertiary/aromatic N) is 3. The Labute approximate surface area is 174 Å². The summed E-state index contributed by atoms with van der Waals surface area (Å²) in [5, 5.41) is 4.09. The molecular weight excluding hydrogens is 386 g/mol. The summed E-state index contributed by atoms with van der Waals surface area (Å²) in [6.07, 6.45) is 0.300. The van der Waals surface area contributed by atoms with E-state index in [0.29, 0.717) is 48.5 Å². The Morgan fingerprint density at radius 2 is 1.90 bits per heavy atom. The number of carbonyl (C=O) groups is 1.